The molecule has 2 fully saturated rings. The number of hydrogen-bond donors (Lipinski definition) is 3. The van der Waals surface area contributed by atoms with E-state index < -0.39 is 0 Å². The number of likely N-dealkylation sites (tertiary alicyclic amines) is 1. The van der Waals surface area contributed by atoms with E-state index in [4.69, 9.17) is 4.74 Å². The molecule has 2 atom stereocenters. The predicted octanol–water partition coefficient (Wildman–Crippen LogP) is 3.03. The van der Waals surface area contributed by atoms with Crippen molar-refractivity contribution >= 4 is 11.8 Å². The fourth-order valence-corrected chi connectivity index (χ4v) is 4.80. The number of aryl methyl sites for hydroxylation is 2. The molecular formula is C26H34N4O3. The molecule has 2 amide bonds. The lowest BCUT2D eigenvalue weighted by Crippen LogP contribution is -2.51. The van der Waals surface area contributed by atoms with Gasteiger partial charge in [-0.15, -0.1) is 0 Å². The van der Waals surface area contributed by atoms with Gasteiger partial charge in [-0.3, -0.25) is 9.59 Å². The van der Waals surface area contributed by atoms with Gasteiger partial charge in [0.1, 0.15) is 11.8 Å². The molecule has 2 heterocycles. The first-order valence-corrected chi connectivity index (χ1v) is 11.9. The summed E-state index contributed by atoms with van der Waals surface area (Å²) >= 11 is 0. The number of para-hydroxylation sites is 1. The summed E-state index contributed by atoms with van der Waals surface area (Å²) in [5.41, 5.74) is 10.8. The zero-order chi connectivity index (χ0) is 23.4. The number of carbonyl (C=O) groups is 2. The van der Waals surface area contributed by atoms with Crippen LogP contribution in [0.25, 0.3) is 0 Å². The average molecular weight is 451 g/mol. The SMILES string of the molecule is CCOc1ccccc1C(=O)NC1CCN(C(=O)C2CC(c3ccc(C)cc3C)NN2)CC1. The quantitative estimate of drug-likeness (QED) is 0.630. The maximum absolute atomic E-state index is 13.1. The largest absolute Gasteiger partial charge is 0.493 e. The molecule has 2 aromatic carbocycles. The molecule has 0 aliphatic carbocycles. The maximum atomic E-state index is 13.1. The first-order chi connectivity index (χ1) is 16.0. The van der Waals surface area contributed by atoms with E-state index in [2.05, 4.69) is 48.2 Å². The molecule has 2 aliphatic heterocycles. The van der Waals surface area contributed by atoms with Crippen LogP contribution in [-0.4, -0.2) is 48.5 Å². The van der Waals surface area contributed by atoms with Crippen molar-refractivity contribution in [3.05, 3.63) is 64.7 Å². The molecule has 4 rings (SSSR count). The first kappa shape index (κ1) is 23.3. The number of piperidine rings is 1. The third kappa shape index (κ3) is 5.37. The van der Waals surface area contributed by atoms with Crippen molar-refractivity contribution in [2.24, 2.45) is 0 Å². The van der Waals surface area contributed by atoms with Crippen LogP contribution < -0.4 is 20.9 Å². The van der Waals surface area contributed by atoms with Crippen LogP contribution in [0.1, 0.15) is 59.3 Å². The van der Waals surface area contributed by atoms with Gasteiger partial charge in [-0.25, -0.2) is 10.9 Å². The second-order valence-electron chi connectivity index (χ2n) is 8.99. The van der Waals surface area contributed by atoms with Crippen molar-refractivity contribution in [2.45, 2.75) is 58.2 Å². The number of ether oxygens (including phenoxy) is 1. The fourth-order valence-electron chi connectivity index (χ4n) is 4.80. The molecule has 0 radical (unpaired) electrons. The van der Waals surface area contributed by atoms with Crippen molar-refractivity contribution < 1.29 is 14.3 Å². The highest BCUT2D eigenvalue weighted by molar-refractivity contribution is 5.97. The Labute approximate surface area is 195 Å². The molecule has 0 spiro atoms. The standard InChI is InChI=1S/C26H34N4O3/c1-4-33-24-8-6-5-7-21(24)25(31)27-19-11-13-30(14-12-19)26(32)23-16-22(28-29-23)20-10-9-17(2)15-18(20)3/h5-10,15,19,22-23,28-29H,4,11-14,16H2,1-3H3,(H,27,31). The van der Waals surface area contributed by atoms with Crippen LogP contribution in [0.5, 0.6) is 5.75 Å². The second-order valence-corrected chi connectivity index (χ2v) is 8.99. The molecule has 7 heteroatoms. The van der Waals surface area contributed by atoms with Crippen molar-refractivity contribution in [3.8, 4) is 5.75 Å². The summed E-state index contributed by atoms with van der Waals surface area (Å²) in [6, 6.07) is 13.7. The van der Waals surface area contributed by atoms with Crippen LogP contribution in [0.4, 0.5) is 0 Å². The van der Waals surface area contributed by atoms with E-state index in [-0.39, 0.29) is 29.9 Å². The minimum Gasteiger partial charge on any atom is -0.493 e. The lowest BCUT2D eigenvalue weighted by molar-refractivity contribution is -0.134. The Morgan fingerprint density at radius 1 is 1.09 bits per heavy atom. The van der Waals surface area contributed by atoms with E-state index >= 15 is 0 Å². The molecule has 33 heavy (non-hydrogen) atoms. The number of nitrogens with one attached hydrogen (secondary N) is 3. The number of carbonyl (C=O) groups excluding carboxylic acids is 2. The minimum absolute atomic E-state index is 0.0499. The van der Waals surface area contributed by atoms with Crippen LogP contribution in [-0.2, 0) is 4.79 Å². The summed E-state index contributed by atoms with van der Waals surface area (Å²) in [4.78, 5) is 27.8. The lowest BCUT2D eigenvalue weighted by atomic mass is 9.95. The minimum atomic E-state index is -0.236. The molecular weight excluding hydrogens is 416 g/mol. The van der Waals surface area contributed by atoms with Crippen molar-refractivity contribution in [3.63, 3.8) is 0 Å². The molecule has 2 unspecified atom stereocenters. The van der Waals surface area contributed by atoms with Crippen LogP contribution in [0, 0.1) is 13.8 Å². The molecule has 176 valence electrons. The van der Waals surface area contributed by atoms with Gasteiger partial charge in [0.25, 0.3) is 5.91 Å². The molecule has 0 bridgehead atoms. The van der Waals surface area contributed by atoms with Crippen LogP contribution in [0.15, 0.2) is 42.5 Å². The third-order valence-corrected chi connectivity index (χ3v) is 6.58. The van der Waals surface area contributed by atoms with Crippen LogP contribution in [0.2, 0.25) is 0 Å². The van der Waals surface area contributed by atoms with Crippen molar-refractivity contribution in [2.75, 3.05) is 19.7 Å². The number of hydrogen-bond acceptors (Lipinski definition) is 5. The van der Waals surface area contributed by atoms with Gasteiger partial charge in [0.05, 0.1) is 12.2 Å². The monoisotopic (exact) mass is 450 g/mol. The number of hydrazine groups is 1. The topological polar surface area (TPSA) is 82.7 Å². The Bertz CT molecular complexity index is 1000. The van der Waals surface area contributed by atoms with E-state index in [0.717, 1.165) is 19.3 Å². The fraction of sp³-hybridized carbons (Fsp3) is 0.462. The Morgan fingerprint density at radius 2 is 1.85 bits per heavy atom. The highest BCUT2D eigenvalue weighted by Crippen LogP contribution is 2.27. The normalized spacial score (nSPS) is 21.1. The number of benzene rings is 2. The molecule has 2 aromatic rings. The van der Waals surface area contributed by atoms with E-state index in [0.29, 0.717) is 31.0 Å². The zero-order valence-electron chi connectivity index (χ0n) is 19.7. The number of amides is 2. The molecule has 0 aromatic heterocycles. The van der Waals surface area contributed by atoms with E-state index in [9.17, 15) is 9.59 Å². The number of rotatable bonds is 6. The summed E-state index contributed by atoms with van der Waals surface area (Å²) in [7, 11) is 0. The summed E-state index contributed by atoms with van der Waals surface area (Å²) in [5, 5.41) is 3.12. The van der Waals surface area contributed by atoms with E-state index in [1.807, 2.05) is 30.0 Å². The highest BCUT2D eigenvalue weighted by atomic mass is 16.5. The Balaban J connectivity index is 1.28. The number of nitrogens with zero attached hydrogens (tertiary/aromatic N) is 1. The lowest BCUT2D eigenvalue weighted by Gasteiger charge is -2.33. The van der Waals surface area contributed by atoms with E-state index in [1.165, 1.54) is 16.7 Å². The summed E-state index contributed by atoms with van der Waals surface area (Å²) < 4.78 is 5.58. The van der Waals surface area contributed by atoms with Gasteiger partial charge in [-0.05, 0) is 63.3 Å². The highest BCUT2D eigenvalue weighted by Gasteiger charge is 2.35. The molecule has 0 saturated carbocycles. The average Bonchev–Trinajstić information content (AvgIpc) is 3.29. The zero-order valence-corrected chi connectivity index (χ0v) is 19.7. The maximum Gasteiger partial charge on any atom is 0.255 e. The second kappa shape index (κ2) is 10.4. The summed E-state index contributed by atoms with van der Waals surface area (Å²) in [6.07, 6.45) is 2.22. The van der Waals surface area contributed by atoms with Gasteiger partial charge in [0.15, 0.2) is 0 Å². The molecule has 3 N–H and O–H groups in total. The summed E-state index contributed by atoms with van der Waals surface area (Å²) in [5.74, 6) is 0.603. The Hall–Kier alpha value is -2.90. The smallest absolute Gasteiger partial charge is 0.255 e. The van der Waals surface area contributed by atoms with E-state index in [1.54, 1.807) is 6.07 Å². The van der Waals surface area contributed by atoms with Gasteiger partial charge >= 0.3 is 0 Å². The van der Waals surface area contributed by atoms with Crippen molar-refractivity contribution in [1.82, 2.24) is 21.1 Å². The van der Waals surface area contributed by atoms with Gasteiger partial charge < -0.3 is 15.0 Å². The van der Waals surface area contributed by atoms with Gasteiger partial charge in [0.2, 0.25) is 5.91 Å². The molecule has 2 saturated heterocycles. The van der Waals surface area contributed by atoms with Crippen molar-refractivity contribution in [1.29, 1.82) is 0 Å². The Morgan fingerprint density at radius 3 is 2.58 bits per heavy atom. The third-order valence-electron chi connectivity index (χ3n) is 6.58. The summed E-state index contributed by atoms with van der Waals surface area (Å²) in [6.45, 7) is 7.91. The Kier molecular flexibility index (Phi) is 7.30. The van der Waals surface area contributed by atoms with Gasteiger partial charge in [-0.1, -0.05) is 35.9 Å². The predicted molar refractivity (Wildman–Crippen MR) is 128 cm³/mol. The first-order valence-electron chi connectivity index (χ1n) is 11.9. The molecule has 2 aliphatic rings. The van der Waals surface area contributed by atoms with Crippen LogP contribution in [0.3, 0.4) is 0 Å². The van der Waals surface area contributed by atoms with Crippen LogP contribution >= 0.6 is 0 Å². The van der Waals surface area contributed by atoms with Gasteiger partial charge in [0, 0.05) is 25.2 Å². The molecule has 7 nitrogen and oxygen atoms in total. The van der Waals surface area contributed by atoms with Gasteiger partial charge in [-0.2, -0.15) is 0 Å².